The van der Waals surface area contributed by atoms with Crippen molar-refractivity contribution in [1.29, 1.82) is 0 Å². The van der Waals surface area contributed by atoms with Crippen molar-refractivity contribution >= 4 is 0 Å². The van der Waals surface area contributed by atoms with Crippen LogP contribution >= 0.6 is 0 Å². The van der Waals surface area contributed by atoms with Gasteiger partial charge in [0.15, 0.2) is 0 Å². The quantitative estimate of drug-likeness (QED) is 0.551. The smallest absolute Gasteiger partial charge is 0.0417 e. The Morgan fingerprint density at radius 2 is 1.75 bits per heavy atom. The Morgan fingerprint density at radius 3 is 2.56 bits per heavy atom. The zero-order valence-electron chi connectivity index (χ0n) is 9.96. The largest absolute Gasteiger partial charge is 0.258 e. The molecule has 80 valence electrons. The molecule has 1 aliphatic rings. The number of aryl methyl sites for hydroxylation is 2. The van der Waals surface area contributed by atoms with E-state index in [2.05, 4.69) is 50.0 Å². The van der Waals surface area contributed by atoms with E-state index in [1.54, 1.807) is 0 Å². The summed E-state index contributed by atoms with van der Waals surface area (Å²) in [6.45, 7) is 6.41. The van der Waals surface area contributed by atoms with Gasteiger partial charge in [-0.15, -0.1) is 0 Å². The summed E-state index contributed by atoms with van der Waals surface area (Å²) in [7, 11) is 0. The maximum atomic E-state index is 4.63. The Labute approximate surface area is 96.2 Å². The second-order valence-corrected chi connectivity index (χ2v) is 4.60. The minimum atomic E-state index is 1.05. The number of hydrogen-bond donors (Lipinski definition) is 0. The predicted molar refractivity (Wildman–Crippen MR) is 66.7 cm³/mol. The molecule has 3 rings (SSSR count). The van der Waals surface area contributed by atoms with Gasteiger partial charge in [-0.1, -0.05) is 24.3 Å². The van der Waals surface area contributed by atoms with Crippen molar-refractivity contribution in [3.8, 4) is 11.1 Å². The van der Waals surface area contributed by atoms with E-state index in [4.69, 9.17) is 0 Å². The molecule has 0 radical (unpaired) electrons. The molecule has 0 saturated carbocycles. The number of nitrogens with zero attached hydrogens (tertiary/aromatic N) is 1. The average molecular weight is 209 g/mol. The minimum Gasteiger partial charge on any atom is -0.258 e. The molecule has 16 heavy (non-hydrogen) atoms. The van der Waals surface area contributed by atoms with Crippen molar-refractivity contribution in [2.75, 3.05) is 0 Å². The van der Waals surface area contributed by atoms with Gasteiger partial charge in [-0.2, -0.15) is 0 Å². The highest BCUT2D eigenvalue weighted by molar-refractivity contribution is 5.80. The molecule has 1 heterocycles. The van der Waals surface area contributed by atoms with Gasteiger partial charge in [0.25, 0.3) is 0 Å². The number of hydrogen-bond acceptors (Lipinski definition) is 1. The molecule has 1 aromatic carbocycles. The molecule has 0 aliphatic heterocycles. The Hall–Kier alpha value is -1.63. The van der Waals surface area contributed by atoms with Crippen LogP contribution in [0.1, 0.15) is 28.1 Å². The second-order valence-electron chi connectivity index (χ2n) is 4.60. The summed E-state index contributed by atoms with van der Waals surface area (Å²) in [5.74, 6) is 0. The highest BCUT2D eigenvalue weighted by Crippen LogP contribution is 2.40. The van der Waals surface area contributed by atoms with Crippen molar-refractivity contribution in [2.24, 2.45) is 0 Å². The Kier molecular flexibility index (Phi) is 1.90. The highest BCUT2D eigenvalue weighted by Gasteiger charge is 2.22. The van der Waals surface area contributed by atoms with Gasteiger partial charge in [-0.3, -0.25) is 4.98 Å². The third-order valence-corrected chi connectivity index (χ3v) is 3.65. The fourth-order valence-electron chi connectivity index (χ4n) is 2.68. The molecule has 2 aromatic rings. The van der Waals surface area contributed by atoms with Crippen LogP contribution in [0.5, 0.6) is 0 Å². The summed E-state index contributed by atoms with van der Waals surface area (Å²) in [5, 5.41) is 0. The van der Waals surface area contributed by atoms with Crippen molar-refractivity contribution in [3.05, 3.63) is 52.3 Å². The van der Waals surface area contributed by atoms with E-state index in [9.17, 15) is 0 Å². The van der Waals surface area contributed by atoms with Gasteiger partial charge < -0.3 is 0 Å². The summed E-state index contributed by atoms with van der Waals surface area (Å²) in [6.07, 6.45) is 1.05. The van der Waals surface area contributed by atoms with E-state index in [-0.39, 0.29) is 0 Å². The SMILES string of the molecule is Cc1nc(C)c2c(c1C)-c1ccccc1C2. The lowest BCUT2D eigenvalue weighted by molar-refractivity contribution is 1.05. The fourth-order valence-corrected chi connectivity index (χ4v) is 2.68. The molecule has 1 nitrogen and oxygen atoms in total. The first kappa shape index (κ1) is 9.59. The van der Waals surface area contributed by atoms with Gasteiger partial charge in [0, 0.05) is 17.8 Å². The van der Waals surface area contributed by atoms with Crippen LogP contribution in [0.4, 0.5) is 0 Å². The lowest BCUT2D eigenvalue weighted by Gasteiger charge is -2.10. The van der Waals surface area contributed by atoms with Gasteiger partial charge in [-0.05, 0) is 48.6 Å². The van der Waals surface area contributed by atoms with Crippen molar-refractivity contribution in [1.82, 2.24) is 4.98 Å². The van der Waals surface area contributed by atoms with E-state index in [1.807, 2.05) is 0 Å². The zero-order valence-corrected chi connectivity index (χ0v) is 9.96. The summed E-state index contributed by atoms with van der Waals surface area (Å²) >= 11 is 0. The van der Waals surface area contributed by atoms with E-state index >= 15 is 0 Å². The number of aromatic nitrogens is 1. The number of pyridine rings is 1. The Morgan fingerprint density at radius 1 is 1.00 bits per heavy atom. The molecule has 0 spiro atoms. The van der Waals surface area contributed by atoms with E-state index < -0.39 is 0 Å². The van der Waals surface area contributed by atoms with Crippen molar-refractivity contribution < 1.29 is 0 Å². The zero-order chi connectivity index (χ0) is 11.3. The summed E-state index contributed by atoms with van der Waals surface area (Å²) in [4.78, 5) is 4.63. The first-order chi connectivity index (χ1) is 7.68. The standard InChI is InChI=1S/C15H15N/c1-9-10(2)16-11(3)14-8-12-6-4-5-7-13(12)15(9)14/h4-7H,8H2,1-3H3. The van der Waals surface area contributed by atoms with Crippen LogP contribution in [-0.2, 0) is 6.42 Å². The Bertz CT molecular complexity index is 582. The lowest BCUT2D eigenvalue weighted by atomic mass is 9.99. The molecule has 1 aromatic heterocycles. The van der Waals surface area contributed by atoms with Gasteiger partial charge in [0.2, 0.25) is 0 Å². The molecule has 0 bridgehead atoms. The highest BCUT2D eigenvalue weighted by atomic mass is 14.7. The summed E-state index contributed by atoms with van der Waals surface area (Å²) in [6, 6.07) is 8.70. The van der Waals surface area contributed by atoms with Crippen LogP contribution in [0.25, 0.3) is 11.1 Å². The molecule has 1 aliphatic carbocycles. The third kappa shape index (κ3) is 1.15. The van der Waals surface area contributed by atoms with Crippen LogP contribution in [0.3, 0.4) is 0 Å². The van der Waals surface area contributed by atoms with E-state index in [0.29, 0.717) is 0 Å². The van der Waals surface area contributed by atoms with Gasteiger partial charge in [0.1, 0.15) is 0 Å². The molecular formula is C15H15N. The van der Waals surface area contributed by atoms with Gasteiger partial charge in [0.05, 0.1) is 0 Å². The third-order valence-electron chi connectivity index (χ3n) is 3.65. The van der Waals surface area contributed by atoms with E-state index in [1.165, 1.54) is 33.5 Å². The Balaban J connectivity index is 2.39. The topological polar surface area (TPSA) is 12.9 Å². The average Bonchev–Trinajstić information content (AvgIpc) is 2.66. The summed E-state index contributed by atoms with van der Waals surface area (Å²) in [5.41, 5.74) is 9.39. The maximum Gasteiger partial charge on any atom is 0.0417 e. The fraction of sp³-hybridized carbons (Fsp3) is 0.267. The van der Waals surface area contributed by atoms with Crippen LogP contribution in [-0.4, -0.2) is 4.98 Å². The molecule has 0 unspecified atom stereocenters. The van der Waals surface area contributed by atoms with Crippen molar-refractivity contribution in [2.45, 2.75) is 27.2 Å². The van der Waals surface area contributed by atoms with Gasteiger partial charge >= 0.3 is 0 Å². The molecule has 0 amide bonds. The number of fused-ring (bicyclic) bond motifs is 3. The maximum absolute atomic E-state index is 4.63. The van der Waals surface area contributed by atoms with Crippen LogP contribution in [0.15, 0.2) is 24.3 Å². The lowest BCUT2D eigenvalue weighted by Crippen LogP contribution is -1.97. The number of benzene rings is 1. The van der Waals surface area contributed by atoms with E-state index in [0.717, 1.165) is 12.1 Å². The van der Waals surface area contributed by atoms with Crippen LogP contribution in [0, 0.1) is 20.8 Å². The molecule has 0 fully saturated rings. The number of rotatable bonds is 0. The first-order valence-corrected chi connectivity index (χ1v) is 5.73. The molecular weight excluding hydrogens is 194 g/mol. The van der Waals surface area contributed by atoms with Crippen LogP contribution < -0.4 is 0 Å². The van der Waals surface area contributed by atoms with Gasteiger partial charge in [-0.25, -0.2) is 0 Å². The molecule has 0 atom stereocenters. The second kappa shape index (κ2) is 3.18. The predicted octanol–water partition coefficient (Wildman–Crippen LogP) is 3.58. The molecule has 0 N–H and O–H groups in total. The molecule has 1 heteroatoms. The normalized spacial score (nSPS) is 12.4. The molecule has 0 saturated heterocycles. The monoisotopic (exact) mass is 209 g/mol. The van der Waals surface area contributed by atoms with Crippen LogP contribution in [0.2, 0.25) is 0 Å². The minimum absolute atomic E-state index is 1.05. The van der Waals surface area contributed by atoms with Crippen molar-refractivity contribution in [3.63, 3.8) is 0 Å². The summed E-state index contributed by atoms with van der Waals surface area (Å²) < 4.78 is 0. The first-order valence-electron chi connectivity index (χ1n) is 5.73.